The molecule has 0 radical (unpaired) electrons. The predicted octanol–water partition coefficient (Wildman–Crippen LogP) is 3.87. The van der Waals surface area contributed by atoms with Crippen molar-refractivity contribution in [2.24, 2.45) is 5.10 Å². The van der Waals surface area contributed by atoms with E-state index in [2.05, 4.69) is 10.5 Å². The van der Waals surface area contributed by atoms with E-state index in [4.69, 9.17) is 28.3 Å². The van der Waals surface area contributed by atoms with Gasteiger partial charge in [-0.2, -0.15) is 5.10 Å². The Morgan fingerprint density at radius 2 is 1.86 bits per heavy atom. The van der Waals surface area contributed by atoms with Crippen LogP contribution < -0.4 is 10.3 Å². The molecule has 4 nitrogen and oxygen atoms in total. The molecule has 0 unspecified atom stereocenters. The second kappa shape index (κ2) is 8.03. The summed E-state index contributed by atoms with van der Waals surface area (Å²) in [6.07, 6.45) is 1.72. The van der Waals surface area contributed by atoms with Gasteiger partial charge in [0.25, 0.3) is 0 Å². The first-order chi connectivity index (χ1) is 10.6. The van der Waals surface area contributed by atoms with Crippen molar-refractivity contribution in [3.63, 3.8) is 0 Å². The highest BCUT2D eigenvalue weighted by molar-refractivity contribution is 6.42. The topological polar surface area (TPSA) is 47.9 Å². The summed E-state index contributed by atoms with van der Waals surface area (Å²) in [5.74, 6) is 0. The van der Waals surface area contributed by atoms with Gasteiger partial charge < -0.3 is 10.0 Å². The maximum Gasteiger partial charge on any atom is 0.0613 e. The van der Waals surface area contributed by atoms with E-state index in [0.717, 1.165) is 16.9 Å². The number of aliphatic hydroxyl groups excluding tert-OH is 1. The summed E-state index contributed by atoms with van der Waals surface area (Å²) in [6, 6.07) is 13.1. The summed E-state index contributed by atoms with van der Waals surface area (Å²) < 4.78 is 0. The molecule has 0 saturated heterocycles. The van der Waals surface area contributed by atoms with Crippen LogP contribution in [0.4, 0.5) is 11.4 Å². The molecular formula is C16H17Cl2N3O. The van der Waals surface area contributed by atoms with Crippen LogP contribution in [0.3, 0.4) is 0 Å². The Balaban J connectivity index is 1.96. The van der Waals surface area contributed by atoms with Crippen LogP contribution in [0.5, 0.6) is 0 Å². The van der Waals surface area contributed by atoms with E-state index < -0.39 is 0 Å². The fourth-order valence-corrected chi connectivity index (χ4v) is 2.14. The number of hydrazone groups is 1. The van der Waals surface area contributed by atoms with Gasteiger partial charge in [0, 0.05) is 19.3 Å². The van der Waals surface area contributed by atoms with Crippen LogP contribution in [0, 0.1) is 0 Å². The van der Waals surface area contributed by atoms with Crippen LogP contribution in [-0.4, -0.2) is 31.5 Å². The van der Waals surface area contributed by atoms with E-state index in [0.29, 0.717) is 16.6 Å². The first-order valence-electron chi connectivity index (χ1n) is 6.76. The standard InChI is InChI=1S/C16H17Cl2N3O/c1-21(8-9-22)14-5-2-12(3-6-14)11-19-20-13-4-7-15(17)16(18)10-13/h2-7,10-11,20,22H,8-9H2,1H3/b19-11-. The van der Waals surface area contributed by atoms with Crippen molar-refractivity contribution in [3.05, 3.63) is 58.1 Å². The molecule has 2 rings (SSSR count). The molecular weight excluding hydrogens is 321 g/mol. The van der Waals surface area contributed by atoms with Crippen LogP contribution in [-0.2, 0) is 0 Å². The fraction of sp³-hybridized carbons (Fsp3) is 0.188. The monoisotopic (exact) mass is 337 g/mol. The second-order valence-corrected chi connectivity index (χ2v) is 5.55. The summed E-state index contributed by atoms with van der Waals surface area (Å²) in [6.45, 7) is 0.736. The van der Waals surface area contributed by atoms with Gasteiger partial charge in [-0.25, -0.2) is 0 Å². The van der Waals surface area contributed by atoms with Crippen molar-refractivity contribution in [2.45, 2.75) is 0 Å². The minimum atomic E-state index is 0.132. The average Bonchev–Trinajstić information content (AvgIpc) is 2.52. The number of rotatable bonds is 6. The van der Waals surface area contributed by atoms with Crippen molar-refractivity contribution in [1.29, 1.82) is 0 Å². The van der Waals surface area contributed by atoms with Crippen LogP contribution in [0.15, 0.2) is 47.6 Å². The van der Waals surface area contributed by atoms with E-state index in [1.54, 1.807) is 24.4 Å². The predicted molar refractivity (Wildman–Crippen MR) is 94.5 cm³/mol. The van der Waals surface area contributed by atoms with Gasteiger partial charge in [-0.1, -0.05) is 35.3 Å². The number of benzene rings is 2. The maximum absolute atomic E-state index is 8.92. The maximum atomic E-state index is 8.92. The first-order valence-corrected chi connectivity index (χ1v) is 7.52. The highest BCUT2D eigenvalue weighted by atomic mass is 35.5. The number of halogens is 2. The zero-order chi connectivity index (χ0) is 15.9. The van der Waals surface area contributed by atoms with E-state index in [1.807, 2.05) is 36.2 Å². The molecule has 2 aromatic carbocycles. The molecule has 116 valence electrons. The van der Waals surface area contributed by atoms with Crippen molar-refractivity contribution in [3.8, 4) is 0 Å². The molecule has 2 aromatic rings. The molecule has 0 spiro atoms. The zero-order valence-electron chi connectivity index (χ0n) is 12.1. The lowest BCUT2D eigenvalue weighted by Crippen LogP contribution is -2.20. The number of likely N-dealkylation sites (N-methyl/N-ethyl adjacent to an activating group) is 1. The molecule has 0 aromatic heterocycles. The SMILES string of the molecule is CN(CCO)c1ccc(/C=N\Nc2ccc(Cl)c(Cl)c2)cc1. The Bertz CT molecular complexity index is 644. The number of hydrogen-bond donors (Lipinski definition) is 2. The highest BCUT2D eigenvalue weighted by Gasteiger charge is 2.00. The Morgan fingerprint density at radius 3 is 2.50 bits per heavy atom. The average molecular weight is 338 g/mol. The lowest BCUT2D eigenvalue weighted by molar-refractivity contribution is 0.304. The van der Waals surface area contributed by atoms with Crippen LogP contribution in [0.1, 0.15) is 5.56 Å². The third-order valence-electron chi connectivity index (χ3n) is 3.10. The van der Waals surface area contributed by atoms with Gasteiger partial charge in [-0.05, 0) is 35.9 Å². The molecule has 0 bridgehead atoms. The molecule has 0 aliphatic rings. The molecule has 0 aliphatic heterocycles. The number of anilines is 2. The zero-order valence-corrected chi connectivity index (χ0v) is 13.6. The van der Waals surface area contributed by atoms with Gasteiger partial charge in [0.2, 0.25) is 0 Å². The molecule has 0 fully saturated rings. The molecule has 2 N–H and O–H groups in total. The van der Waals surface area contributed by atoms with Gasteiger partial charge in [-0.15, -0.1) is 0 Å². The molecule has 0 atom stereocenters. The normalized spacial score (nSPS) is 10.9. The van der Waals surface area contributed by atoms with Gasteiger partial charge >= 0.3 is 0 Å². The Labute approximate surface area is 140 Å². The lowest BCUT2D eigenvalue weighted by atomic mass is 10.2. The van der Waals surface area contributed by atoms with Gasteiger partial charge in [0.1, 0.15) is 0 Å². The summed E-state index contributed by atoms with van der Waals surface area (Å²) in [5.41, 5.74) is 5.68. The minimum Gasteiger partial charge on any atom is -0.395 e. The van der Waals surface area contributed by atoms with E-state index in [-0.39, 0.29) is 6.61 Å². The number of nitrogens with one attached hydrogen (secondary N) is 1. The van der Waals surface area contributed by atoms with E-state index in [1.165, 1.54) is 0 Å². The Kier molecular flexibility index (Phi) is 6.07. The van der Waals surface area contributed by atoms with Gasteiger partial charge in [0.05, 0.1) is 28.6 Å². The van der Waals surface area contributed by atoms with Gasteiger partial charge in [-0.3, -0.25) is 5.43 Å². The van der Waals surface area contributed by atoms with Crippen LogP contribution in [0.2, 0.25) is 10.0 Å². The minimum absolute atomic E-state index is 0.132. The van der Waals surface area contributed by atoms with E-state index in [9.17, 15) is 0 Å². The quantitative estimate of drug-likeness (QED) is 0.621. The van der Waals surface area contributed by atoms with E-state index >= 15 is 0 Å². The van der Waals surface area contributed by atoms with Crippen molar-refractivity contribution in [1.82, 2.24) is 0 Å². The molecule has 22 heavy (non-hydrogen) atoms. The summed E-state index contributed by atoms with van der Waals surface area (Å²) in [7, 11) is 1.94. The van der Waals surface area contributed by atoms with Crippen molar-refractivity contribution < 1.29 is 5.11 Å². The first kappa shape index (κ1) is 16.6. The summed E-state index contributed by atoms with van der Waals surface area (Å²) in [5, 5.41) is 14.1. The summed E-state index contributed by atoms with van der Waals surface area (Å²) >= 11 is 11.8. The number of nitrogens with zero attached hydrogens (tertiary/aromatic N) is 2. The lowest BCUT2D eigenvalue weighted by Gasteiger charge is -2.17. The third kappa shape index (κ3) is 4.63. The number of hydrogen-bond acceptors (Lipinski definition) is 4. The Morgan fingerprint density at radius 1 is 1.14 bits per heavy atom. The van der Waals surface area contributed by atoms with Crippen molar-refractivity contribution >= 4 is 40.8 Å². The molecule has 0 aliphatic carbocycles. The second-order valence-electron chi connectivity index (χ2n) is 4.74. The van der Waals surface area contributed by atoms with Crippen molar-refractivity contribution in [2.75, 3.05) is 30.5 Å². The molecule has 0 amide bonds. The van der Waals surface area contributed by atoms with Crippen LogP contribution in [0.25, 0.3) is 0 Å². The highest BCUT2D eigenvalue weighted by Crippen LogP contribution is 2.24. The van der Waals surface area contributed by atoms with Gasteiger partial charge in [0.15, 0.2) is 0 Å². The summed E-state index contributed by atoms with van der Waals surface area (Å²) in [4.78, 5) is 1.98. The molecule has 0 heterocycles. The number of aliphatic hydroxyl groups is 1. The fourth-order valence-electron chi connectivity index (χ4n) is 1.84. The molecule has 0 saturated carbocycles. The Hall–Kier alpha value is -1.75. The van der Waals surface area contributed by atoms with Crippen LogP contribution >= 0.6 is 23.2 Å². The largest absolute Gasteiger partial charge is 0.395 e. The molecule has 6 heteroatoms. The smallest absolute Gasteiger partial charge is 0.0613 e. The third-order valence-corrected chi connectivity index (χ3v) is 3.84.